The third-order valence-electron chi connectivity index (χ3n) is 1.81. The molecule has 0 aromatic carbocycles. The standard InChI is InChI=1S/C11H12N2O4/c1-2-5-17-11(16)13-7-9-6-8(10(14)15)3-4-12-9/h2-4,6H,1,5,7H2,(H,13,16)(H,14,15). The Kier molecular flexibility index (Phi) is 4.68. The van der Waals surface area contributed by atoms with Crippen LogP contribution in [0.4, 0.5) is 4.79 Å². The van der Waals surface area contributed by atoms with Gasteiger partial charge in [0, 0.05) is 6.20 Å². The Morgan fingerprint density at radius 2 is 2.35 bits per heavy atom. The third-order valence-corrected chi connectivity index (χ3v) is 1.81. The largest absolute Gasteiger partial charge is 0.478 e. The Bertz CT molecular complexity index is 431. The van der Waals surface area contributed by atoms with Crippen LogP contribution in [0.15, 0.2) is 31.0 Å². The van der Waals surface area contributed by atoms with Crippen molar-refractivity contribution in [2.24, 2.45) is 0 Å². The molecule has 1 aromatic rings. The maximum absolute atomic E-state index is 11.1. The number of ether oxygens (including phenoxy) is 1. The van der Waals surface area contributed by atoms with Crippen LogP contribution >= 0.6 is 0 Å². The highest BCUT2D eigenvalue weighted by molar-refractivity contribution is 5.87. The molecule has 0 fully saturated rings. The first kappa shape index (κ1) is 12.7. The summed E-state index contributed by atoms with van der Waals surface area (Å²) < 4.78 is 4.68. The molecule has 1 aromatic heterocycles. The summed E-state index contributed by atoms with van der Waals surface area (Å²) in [6.07, 6.45) is 2.21. The Balaban J connectivity index is 2.51. The van der Waals surface area contributed by atoms with Crippen molar-refractivity contribution >= 4 is 12.1 Å². The van der Waals surface area contributed by atoms with Gasteiger partial charge in [-0.05, 0) is 12.1 Å². The van der Waals surface area contributed by atoms with E-state index in [9.17, 15) is 9.59 Å². The second-order valence-electron chi connectivity index (χ2n) is 3.08. The number of hydrogen-bond donors (Lipinski definition) is 2. The second-order valence-corrected chi connectivity index (χ2v) is 3.08. The van der Waals surface area contributed by atoms with Gasteiger partial charge in [-0.15, -0.1) is 0 Å². The van der Waals surface area contributed by atoms with E-state index in [0.717, 1.165) is 0 Å². The molecule has 0 radical (unpaired) electrons. The number of alkyl carbamates (subject to hydrolysis) is 1. The Morgan fingerprint density at radius 3 is 3.00 bits per heavy atom. The van der Waals surface area contributed by atoms with Crippen molar-refractivity contribution in [1.82, 2.24) is 10.3 Å². The number of aromatic nitrogens is 1. The summed E-state index contributed by atoms with van der Waals surface area (Å²) >= 11 is 0. The lowest BCUT2D eigenvalue weighted by Crippen LogP contribution is -2.24. The molecule has 17 heavy (non-hydrogen) atoms. The van der Waals surface area contributed by atoms with Gasteiger partial charge in [-0.25, -0.2) is 9.59 Å². The molecular formula is C11H12N2O4. The van der Waals surface area contributed by atoms with Crippen LogP contribution in [0, 0.1) is 0 Å². The highest BCUT2D eigenvalue weighted by Crippen LogP contribution is 2.01. The molecule has 1 rings (SSSR count). The maximum atomic E-state index is 11.1. The van der Waals surface area contributed by atoms with Gasteiger partial charge in [0.25, 0.3) is 0 Å². The van der Waals surface area contributed by atoms with Gasteiger partial charge >= 0.3 is 12.1 Å². The molecular weight excluding hydrogens is 224 g/mol. The molecule has 2 N–H and O–H groups in total. The molecule has 0 aliphatic carbocycles. The zero-order chi connectivity index (χ0) is 12.7. The highest BCUT2D eigenvalue weighted by atomic mass is 16.5. The zero-order valence-corrected chi connectivity index (χ0v) is 9.05. The van der Waals surface area contributed by atoms with E-state index in [-0.39, 0.29) is 18.7 Å². The van der Waals surface area contributed by atoms with Crippen LogP contribution in [0.1, 0.15) is 16.1 Å². The van der Waals surface area contributed by atoms with Crippen LogP contribution < -0.4 is 5.32 Å². The quantitative estimate of drug-likeness (QED) is 0.750. The van der Waals surface area contributed by atoms with Gasteiger partial charge in [-0.2, -0.15) is 0 Å². The van der Waals surface area contributed by atoms with E-state index >= 15 is 0 Å². The van der Waals surface area contributed by atoms with Crippen molar-refractivity contribution < 1.29 is 19.4 Å². The number of carboxylic acid groups (broad SMARTS) is 1. The SMILES string of the molecule is C=CCOC(=O)NCc1cc(C(=O)O)ccn1. The van der Waals surface area contributed by atoms with E-state index in [0.29, 0.717) is 5.69 Å². The molecule has 90 valence electrons. The fourth-order valence-electron chi connectivity index (χ4n) is 1.06. The summed E-state index contributed by atoms with van der Waals surface area (Å²) in [4.78, 5) is 25.7. The highest BCUT2D eigenvalue weighted by Gasteiger charge is 2.05. The number of hydrogen-bond acceptors (Lipinski definition) is 4. The van der Waals surface area contributed by atoms with E-state index in [2.05, 4.69) is 21.6 Å². The summed E-state index contributed by atoms with van der Waals surface area (Å²) in [5.41, 5.74) is 0.566. The van der Waals surface area contributed by atoms with Crippen molar-refractivity contribution in [2.75, 3.05) is 6.61 Å². The summed E-state index contributed by atoms with van der Waals surface area (Å²) in [5.74, 6) is -1.04. The summed E-state index contributed by atoms with van der Waals surface area (Å²) in [7, 11) is 0. The molecule has 0 unspecified atom stereocenters. The van der Waals surface area contributed by atoms with Crippen LogP contribution in [0.3, 0.4) is 0 Å². The first-order valence-corrected chi connectivity index (χ1v) is 4.83. The van der Waals surface area contributed by atoms with Gasteiger partial charge in [-0.3, -0.25) is 4.98 Å². The molecule has 0 aliphatic heterocycles. The molecule has 1 heterocycles. The third kappa shape index (κ3) is 4.33. The van der Waals surface area contributed by atoms with E-state index in [1.807, 2.05) is 0 Å². The maximum Gasteiger partial charge on any atom is 0.407 e. The van der Waals surface area contributed by atoms with Gasteiger partial charge in [0.1, 0.15) is 6.61 Å². The minimum atomic E-state index is -1.04. The van der Waals surface area contributed by atoms with E-state index in [4.69, 9.17) is 5.11 Å². The number of pyridine rings is 1. The minimum absolute atomic E-state index is 0.108. The number of nitrogens with one attached hydrogen (secondary N) is 1. The van der Waals surface area contributed by atoms with Crippen molar-refractivity contribution in [2.45, 2.75) is 6.54 Å². The Morgan fingerprint density at radius 1 is 1.59 bits per heavy atom. The fourth-order valence-corrected chi connectivity index (χ4v) is 1.06. The number of carboxylic acids is 1. The van der Waals surface area contributed by atoms with Crippen LogP contribution in [-0.2, 0) is 11.3 Å². The van der Waals surface area contributed by atoms with Crippen LogP contribution in [0.5, 0.6) is 0 Å². The van der Waals surface area contributed by atoms with E-state index in [1.165, 1.54) is 24.4 Å². The average molecular weight is 236 g/mol. The lowest BCUT2D eigenvalue weighted by atomic mass is 10.2. The average Bonchev–Trinajstić information content (AvgIpc) is 2.34. The number of carbonyl (C=O) groups is 2. The summed E-state index contributed by atoms with van der Waals surface area (Å²) in [6.45, 7) is 3.63. The van der Waals surface area contributed by atoms with Crippen LogP contribution in [0.2, 0.25) is 0 Å². The van der Waals surface area contributed by atoms with Crippen molar-refractivity contribution in [3.05, 3.63) is 42.2 Å². The van der Waals surface area contributed by atoms with Gasteiger partial charge in [0.15, 0.2) is 0 Å². The zero-order valence-electron chi connectivity index (χ0n) is 9.05. The molecule has 0 atom stereocenters. The number of rotatable bonds is 5. The first-order chi connectivity index (χ1) is 8.13. The molecule has 6 heteroatoms. The van der Waals surface area contributed by atoms with E-state index in [1.54, 1.807) is 0 Å². The predicted molar refractivity (Wildman–Crippen MR) is 59.6 cm³/mol. The smallest absolute Gasteiger partial charge is 0.407 e. The Labute approximate surface area is 97.9 Å². The van der Waals surface area contributed by atoms with Gasteiger partial charge in [-0.1, -0.05) is 12.7 Å². The Hall–Kier alpha value is -2.37. The molecule has 0 aliphatic rings. The van der Waals surface area contributed by atoms with E-state index < -0.39 is 12.1 Å². The van der Waals surface area contributed by atoms with Gasteiger partial charge in [0.05, 0.1) is 17.8 Å². The summed E-state index contributed by atoms with van der Waals surface area (Å²) in [5, 5.41) is 11.2. The molecule has 6 nitrogen and oxygen atoms in total. The predicted octanol–water partition coefficient (Wildman–Crippen LogP) is 1.19. The van der Waals surface area contributed by atoms with Gasteiger partial charge < -0.3 is 15.2 Å². The summed E-state index contributed by atoms with van der Waals surface area (Å²) in [6, 6.07) is 2.76. The first-order valence-electron chi connectivity index (χ1n) is 4.83. The lowest BCUT2D eigenvalue weighted by Gasteiger charge is -2.05. The van der Waals surface area contributed by atoms with Crippen molar-refractivity contribution in [1.29, 1.82) is 0 Å². The molecule has 0 spiro atoms. The molecule has 1 amide bonds. The molecule has 0 bridgehead atoms. The van der Waals surface area contributed by atoms with Crippen molar-refractivity contribution in [3.63, 3.8) is 0 Å². The number of amides is 1. The van der Waals surface area contributed by atoms with Crippen LogP contribution in [0.25, 0.3) is 0 Å². The number of carbonyl (C=O) groups excluding carboxylic acids is 1. The molecule has 0 saturated carbocycles. The fraction of sp³-hybridized carbons (Fsp3) is 0.182. The normalized spacial score (nSPS) is 9.41. The van der Waals surface area contributed by atoms with Crippen LogP contribution in [-0.4, -0.2) is 28.8 Å². The monoisotopic (exact) mass is 236 g/mol. The lowest BCUT2D eigenvalue weighted by molar-refractivity contribution is 0.0696. The number of nitrogens with zero attached hydrogens (tertiary/aromatic N) is 1. The molecule has 0 saturated heterocycles. The second kappa shape index (κ2) is 6.26. The topological polar surface area (TPSA) is 88.5 Å². The minimum Gasteiger partial charge on any atom is -0.478 e. The number of aromatic carboxylic acids is 1. The van der Waals surface area contributed by atoms with Gasteiger partial charge in [0.2, 0.25) is 0 Å². The van der Waals surface area contributed by atoms with Crippen molar-refractivity contribution in [3.8, 4) is 0 Å².